The summed E-state index contributed by atoms with van der Waals surface area (Å²) in [4.78, 5) is 4.08. The molecule has 0 radical (unpaired) electrons. The van der Waals surface area contributed by atoms with E-state index in [-0.39, 0.29) is 0 Å². The normalized spacial score (nSPS) is 10.7. The Bertz CT molecular complexity index is 688. The van der Waals surface area contributed by atoms with Crippen LogP contribution in [0.15, 0.2) is 62.6 Å². The highest BCUT2D eigenvalue weighted by Gasteiger charge is 2.07. The van der Waals surface area contributed by atoms with Gasteiger partial charge in [0.1, 0.15) is 5.76 Å². The first kappa shape index (κ1) is 13.5. The summed E-state index contributed by atoms with van der Waals surface area (Å²) in [5, 5.41) is 3.37. The van der Waals surface area contributed by atoms with Gasteiger partial charge in [-0.15, -0.1) is 0 Å². The van der Waals surface area contributed by atoms with Gasteiger partial charge < -0.3 is 14.3 Å². The Morgan fingerprint density at radius 1 is 1.25 bits per heavy atom. The molecule has 0 aliphatic heterocycles. The molecule has 0 amide bonds. The van der Waals surface area contributed by atoms with Crippen molar-refractivity contribution in [2.24, 2.45) is 0 Å². The molecule has 0 spiro atoms. The van der Waals surface area contributed by atoms with Gasteiger partial charge >= 0.3 is 0 Å². The van der Waals surface area contributed by atoms with Crippen LogP contribution in [0.25, 0.3) is 5.69 Å². The standard InChI is InChI=1S/C14H11Br2N3O/c15-11-7-10(20-14(11)16)8-18-12-3-1-2-4-13(12)19-6-5-17-9-19/h1-7,9,18H,8H2. The number of imidazole rings is 1. The van der Waals surface area contributed by atoms with Crippen LogP contribution in [0.1, 0.15) is 5.76 Å². The van der Waals surface area contributed by atoms with Crippen LogP contribution < -0.4 is 5.32 Å². The van der Waals surface area contributed by atoms with Crippen molar-refractivity contribution >= 4 is 37.5 Å². The molecule has 102 valence electrons. The van der Waals surface area contributed by atoms with Crippen LogP contribution in [0, 0.1) is 0 Å². The molecule has 2 aromatic heterocycles. The minimum atomic E-state index is 0.607. The molecule has 0 saturated heterocycles. The van der Waals surface area contributed by atoms with Gasteiger partial charge in [0.2, 0.25) is 0 Å². The lowest BCUT2D eigenvalue weighted by atomic mass is 10.2. The fraction of sp³-hybridized carbons (Fsp3) is 0.0714. The first-order chi connectivity index (χ1) is 9.74. The zero-order valence-electron chi connectivity index (χ0n) is 10.4. The third-order valence-corrected chi connectivity index (χ3v) is 4.55. The van der Waals surface area contributed by atoms with Crippen LogP contribution in [-0.2, 0) is 6.54 Å². The predicted molar refractivity (Wildman–Crippen MR) is 85.0 cm³/mol. The molecule has 3 rings (SSSR count). The highest BCUT2D eigenvalue weighted by molar-refractivity contribution is 9.13. The molecular weight excluding hydrogens is 386 g/mol. The fourth-order valence-electron chi connectivity index (χ4n) is 1.91. The largest absolute Gasteiger partial charge is 0.451 e. The number of hydrogen-bond donors (Lipinski definition) is 1. The number of benzene rings is 1. The highest BCUT2D eigenvalue weighted by Crippen LogP contribution is 2.27. The summed E-state index contributed by atoms with van der Waals surface area (Å²) in [5.41, 5.74) is 2.07. The van der Waals surface area contributed by atoms with Crippen molar-refractivity contribution in [1.29, 1.82) is 0 Å². The number of halogens is 2. The maximum absolute atomic E-state index is 5.55. The van der Waals surface area contributed by atoms with Crippen molar-refractivity contribution < 1.29 is 4.42 Å². The van der Waals surface area contributed by atoms with E-state index in [2.05, 4.69) is 42.2 Å². The Labute approximate surface area is 133 Å². The van der Waals surface area contributed by atoms with Crippen molar-refractivity contribution in [3.8, 4) is 5.69 Å². The van der Waals surface area contributed by atoms with Crippen molar-refractivity contribution in [3.05, 3.63) is 64.0 Å². The Hall–Kier alpha value is -1.53. The van der Waals surface area contributed by atoms with E-state index < -0.39 is 0 Å². The summed E-state index contributed by atoms with van der Waals surface area (Å²) in [5.74, 6) is 0.851. The van der Waals surface area contributed by atoms with Gasteiger partial charge in [0.25, 0.3) is 0 Å². The number of furan rings is 1. The molecular formula is C14H11Br2N3O. The van der Waals surface area contributed by atoms with E-state index in [1.54, 1.807) is 12.5 Å². The van der Waals surface area contributed by atoms with Crippen LogP contribution in [0.5, 0.6) is 0 Å². The second kappa shape index (κ2) is 5.85. The second-order valence-corrected chi connectivity index (χ2v) is 5.75. The summed E-state index contributed by atoms with van der Waals surface area (Å²) in [6.45, 7) is 0.607. The number of aromatic nitrogens is 2. The number of nitrogens with zero attached hydrogens (tertiary/aromatic N) is 2. The maximum Gasteiger partial charge on any atom is 0.183 e. The van der Waals surface area contributed by atoms with E-state index in [1.807, 2.05) is 41.1 Å². The van der Waals surface area contributed by atoms with Gasteiger partial charge in [-0.25, -0.2) is 4.98 Å². The number of anilines is 1. The molecule has 0 aliphatic rings. The molecule has 1 N–H and O–H groups in total. The molecule has 6 heteroatoms. The summed E-state index contributed by atoms with van der Waals surface area (Å²) >= 11 is 6.74. The highest BCUT2D eigenvalue weighted by atomic mass is 79.9. The van der Waals surface area contributed by atoms with Gasteiger partial charge in [-0.1, -0.05) is 12.1 Å². The van der Waals surface area contributed by atoms with Crippen LogP contribution in [-0.4, -0.2) is 9.55 Å². The van der Waals surface area contributed by atoms with Crippen molar-refractivity contribution in [1.82, 2.24) is 9.55 Å². The molecule has 2 heterocycles. The van der Waals surface area contributed by atoms with Gasteiger partial charge in [-0.3, -0.25) is 0 Å². The van der Waals surface area contributed by atoms with Gasteiger partial charge in [0, 0.05) is 12.4 Å². The molecule has 0 fully saturated rings. The number of nitrogens with one attached hydrogen (secondary N) is 1. The van der Waals surface area contributed by atoms with Crippen LogP contribution >= 0.6 is 31.9 Å². The first-order valence-corrected chi connectivity index (χ1v) is 7.57. The summed E-state index contributed by atoms with van der Waals surface area (Å²) in [6, 6.07) is 10.0. The van der Waals surface area contributed by atoms with E-state index in [4.69, 9.17) is 4.42 Å². The van der Waals surface area contributed by atoms with E-state index in [0.29, 0.717) is 11.2 Å². The van der Waals surface area contributed by atoms with E-state index in [1.165, 1.54) is 0 Å². The third-order valence-electron chi connectivity index (χ3n) is 2.84. The molecule has 0 saturated carbocycles. The Kier molecular flexibility index (Phi) is 3.93. The van der Waals surface area contributed by atoms with E-state index >= 15 is 0 Å². The molecule has 0 aliphatic carbocycles. The average molecular weight is 397 g/mol. The van der Waals surface area contributed by atoms with Crippen molar-refractivity contribution in [3.63, 3.8) is 0 Å². The third kappa shape index (κ3) is 2.81. The molecule has 1 aromatic carbocycles. The average Bonchev–Trinajstić information content (AvgIpc) is 3.08. The smallest absolute Gasteiger partial charge is 0.183 e. The maximum atomic E-state index is 5.55. The van der Waals surface area contributed by atoms with Crippen molar-refractivity contribution in [2.45, 2.75) is 6.54 Å². The van der Waals surface area contributed by atoms with Gasteiger partial charge in [0.05, 0.1) is 28.7 Å². The summed E-state index contributed by atoms with van der Waals surface area (Å²) < 4.78 is 9.14. The number of hydrogen-bond acceptors (Lipinski definition) is 3. The van der Waals surface area contributed by atoms with Gasteiger partial charge in [-0.2, -0.15) is 0 Å². The number of rotatable bonds is 4. The van der Waals surface area contributed by atoms with Crippen LogP contribution in [0.3, 0.4) is 0 Å². The lowest BCUT2D eigenvalue weighted by Gasteiger charge is -2.11. The van der Waals surface area contributed by atoms with E-state index in [0.717, 1.165) is 21.6 Å². The van der Waals surface area contributed by atoms with Gasteiger partial charge in [0.15, 0.2) is 4.67 Å². The minimum Gasteiger partial charge on any atom is -0.451 e. The summed E-state index contributed by atoms with van der Waals surface area (Å²) in [7, 11) is 0. The molecule has 3 aromatic rings. The Morgan fingerprint density at radius 2 is 2.10 bits per heavy atom. The van der Waals surface area contributed by atoms with Crippen LogP contribution in [0.4, 0.5) is 5.69 Å². The SMILES string of the molecule is Brc1cc(CNc2ccccc2-n2ccnc2)oc1Br. The quantitative estimate of drug-likeness (QED) is 0.700. The zero-order chi connectivity index (χ0) is 13.9. The Balaban J connectivity index is 1.81. The van der Waals surface area contributed by atoms with E-state index in [9.17, 15) is 0 Å². The Morgan fingerprint density at radius 3 is 2.80 bits per heavy atom. The predicted octanol–water partition coefficient (Wildman–Crippen LogP) is 4.60. The fourth-order valence-corrected chi connectivity index (χ4v) is 2.57. The van der Waals surface area contributed by atoms with Crippen LogP contribution in [0.2, 0.25) is 0 Å². The monoisotopic (exact) mass is 395 g/mol. The molecule has 20 heavy (non-hydrogen) atoms. The lowest BCUT2D eigenvalue weighted by molar-refractivity contribution is 0.494. The zero-order valence-corrected chi connectivity index (χ0v) is 13.6. The minimum absolute atomic E-state index is 0.607. The molecule has 0 bridgehead atoms. The first-order valence-electron chi connectivity index (χ1n) is 5.99. The molecule has 0 unspecified atom stereocenters. The number of para-hydroxylation sites is 2. The molecule has 4 nitrogen and oxygen atoms in total. The topological polar surface area (TPSA) is 43.0 Å². The second-order valence-electron chi connectivity index (χ2n) is 4.18. The lowest BCUT2D eigenvalue weighted by Crippen LogP contribution is -2.02. The van der Waals surface area contributed by atoms with Crippen molar-refractivity contribution in [2.75, 3.05) is 5.32 Å². The molecule has 0 atom stereocenters. The van der Waals surface area contributed by atoms with Gasteiger partial charge in [-0.05, 0) is 50.1 Å². The summed E-state index contributed by atoms with van der Waals surface area (Å²) in [6.07, 6.45) is 5.46.